The molecular weight excluding hydrogens is 278 g/mol. The molecule has 0 saturated carbocycles. The van der Waals surface area contributed by atoms with Gasteiger partial charge < -0.3 is 5.73 Å². The predicted octanol–water partition coefficient (Wildman–Crippen LogP) is 3.41. The molecule has 0 radical (unpaired) electrons. The Kier molecular flexibility index (Phi) is 5.00. The molecule has 1 atom stereocenters. The first kappa shape index (κ1) is 14.1. The van der Waals surface area contributed by atoms with Crippen LogP contribution in [0, 0.1) is 0 Å². The number of hydrogen-bond acceptors (Lipinski definition) is 2. The van der Waals surface area contributed by atoms with E-state index in [1.54, 1.807) is 0 Å². The number of rotatable bonds is 5. The summed E-state index contributed by atoms with van der Waals surface area (Å²) in [4.78, 5) is 0. The Morgan fingerprint density at radius 2 is 1.74 bits per heavy atom. The lowest BCUT2D eigenvalue weighted by atomic mass is 10.1. The van der Waals surface area contributed by atoms with Crippen LogP contribution in [0.25, 0.3) is 0 Å². The Balaban J connectivity index is 1.88. The van der Waals surface area contributed by atoms with Crippen LogP contribution in [0.3, 0.4) is 0 Å². The van der Waals surface area contributed by atoms with E-state index in [9.17, 15) is 4.21 Å². The fraction of sp³-hybridized carbons (Fsp3) is 0.200. The smallest absolute Gasteiger partial charge is 0.0485 e. The summed E-state index contributed by atoms with van der Waals surface area (Å²) in [6.07, 6.45) is 0.743. The molecule has 100 valence electrons. The third-order valence-electron chi connectivity index (χ3n) is 2.90. The van der Waals surface area contributed by atoms with E-state index >= 15 is 0 Å². The standard InChI is InChI=1S/C15H16ClNOS/c16-14-7-5-12(6-8-14)11-19(18)10-9-13-3-1-2-4-15(13)17/h1-8H,9-11,17H2. The fourth-order valence-corrected chi connectivity index (χ4v) is 3.11. The van der Waals surface area contributed by atoms with Crippen LogP contribution in [0.5, 0.6) is 0 Å². The van der Waals surface area contributed by atoms with Crippen molar-refractivity contribution < 1.29 is 4.21 Å². The molecule has 0 amide bonds. The zero-order valence-electron chi connectivity index (χ0n) is 10.5. The average Bonchev–Trinajstić information content (AvgIpc) is 2.40. The molecule has 1 unspecified atom stereocenters. The first-order chi connectivity index (χ1) is 9.15. The largest absolute Gasteiger partial charge is 0.399 e. The number of anilines is 1. The molecule has 2 nitrogen and oxygen atoms in total. The van der Waals surface area contributed by atoms with Gasteiger partial charge in [-0.15, -0.1) is 0 Å². The summed E-state index contributed by atoms with van der Waals surface area (Å²) >= 11 is 5.82. The quantitative estimate of drug-likeness (QED) is 0.859. The van der Waals surface area contributed by atoms with Crippen molar-refractivity contribution in [1.82, 2.24) is 0 Å². The number of nitrogen functional groups attached to an aromatic ring is 1. The van der Waals surface area contributed by atoms with Gasteiger partial charge in [0.1, 0.15) is 0 Å². The van der Waals surface area contributed by atoms with Gasteiger partial charge in [-0.25, -0.2) is 0 Å². The first-order valence-electron chi connectivity index (χ1n) is 6.08. The van der Waals surface area contributed by atoms with Crippen LogP contribution in [0.2, 0.25) is 5.02 Å². The third-order valence-corrected chi connectivity index (χ3v) is 4.46. The topological polar surface area (TPSA) is 43.1 Å². The Bertz CT molecular complexity index is 569. The number of benzene rings is 2. The summed E-state index contributed by atoms with van der Waals surface area (Å²) in [6.45, 7) is 0. The molecule has 2 aromatic rings. The maximum absolute atomic E-state index is 12.0. The van der Waals surface area contributed by atoms with E-state index in [0.717, 1.165) is 23.2 Å². The number of para-hydroxylation sites is 1. The van der Waals surface area contributed by atoms with E-state index < -0.39 is 10.8 Å². The van der Waals surface area contributed by atoms with Crippen LogP contribution >= 0.6 is 11.6 Å². The highest BCUT2D eigenvalue weighted by molar-refractivity contribution is 7.84. The molecular formula is C15H16ClNOS. The van der Waals surface area contributed by atoms with Gasteiger partial charge in [0.25, 0.3) is 0 Å². The van der Waals surface area contributed by atoms with E-state index in [2.05, 4.69) is 0 Å². The first-order valence-corrected chi connectivity index (χ1v) is 7.94. The molecule has 0 saturated heterocycles. The number of halogens is 1. The van der Waals surface area contributed by atoms with Gasteiger partial charge in [-0.3, -0.25) is 4.21 Å². The van der Waals surface area contributed by atoms with Gasteiger partial charge in [0.05, 0.1) is 0 Å². The monoisotopic (exact) mass is 293 g/mol. The van der Waals surface area contributed by atoms with E-state index in [-0.39, 0.29) is 0 Å². The van der Waals surface area contributed by atoms with E-state index in [0.29, 0.717) is 16.5 Å². The predicted molar refractivity (Wildman–Crippen MR) is 82.7 cm³/mol. The molecule has 0 aromatic heterocycles. The molecule has 0 aliphatic carbocycles. The van der Waals surface area contributed by atoms with Crippen molar-refractivity contribution in [1.29, 1.82) is 0 Å². The SMILES string of the molecule is Nc1ccccc1CCS(=O)Cc1ccc(Cl)cc1. The second kappa shape index (κ2) is 6.73. The van der Waals surface area contributed by atoms with Crippen molar-refractivity contribution in [3.63, 3.8) is 0 Å². The summed E-state index contributed by atoms with van der Waals surface area (Å²) < 4.78 is 12.0. The molecule has 2 N–H and O–H groups in total. The molecule has 0 aliphatic rings. The second-order valence-electron chi connectivity index (χ2n) is 4.36. The van der Waals surface area contributed by atoms with E-state index in [1.807, 2.05) is 48.5 Å². The Labute approximate surface area is 121 Å². The lowest BCUT2D eigenvalue weighted by Crippen LogP contribution is -2.05. The third kappa shape index (κ3) is 4.37. The zero-order chi connectivity index (χ0) is 13.7. The minimum absolute atomic E-state index is 0.559. The molecule has 0 fully saturated rings. The molecule has 19 heavy (non-hydrogen) atoms. The number of hydrogen-bond donors (Lipinski definition) is 1. The molecule has 0 aliphatic heterocycles. The zero-order valence-corrected chi connectivity index (χ0v) is 12.1. The summed E-state index contributed by atoms with van der Waals surface area (Å²) in [6, 6.07) is 15.2. The summed E-state index contributed by atoms with van der Waals surface area (Å²) in [5.41, 5.74) is 8.74. The minimum atomic E-state index is -0.885. The summed E-state index contributed by atoms with van der Waals surface area (Å²) in [5.74, 6) is 1.18. The van der Waals surface area contributed by atoms with Crippen molar-refractivity contribution in [3.05, 3.63) is 64.7 Å². The lowest BCUT2D eigenvalue weighted by molar-refractivity contribution is 0.682. The van der Waals surface area contributed by atoms with Crippen LogP contribution in [-0.4, -0.2) is 9.96 Å². The van der Waals surface area contributed by atoms with Gasteiger partial charge in [0.15, 0.2) is 0 Å². The van der Waals surface area contributed by atoms with Gasteiger partial charge in [0.2, 0.25) is 0 Å². The van der Waals surface area contributed by atoms with Crippen LogP contribution in [0.15, 0.2) is 48.5 Å². The minimum Gasteiger partial charge on any atom is -0.399 e. The maximum atomic E-state index is 12.0. The Morgan fingerprint density at radius 3 is 2.42 bits per heavy atom. The van der Waals surface area contributed by atoms with Crippen molar-refractivity contribution in [2.24, 2.45) is 0 Å². The molecule has 4 heteroatoms. The van der Waals surface area contributed by atoms with E-state index in [4.69, 9.17) is 17.3 Å². The highest BCUT2D eigenvalue weighted by Crippen LogP contribution is 2.14. The molecule has 0 bridgehead atoms. The van der Waals surface area contributed by atoms with Gasteiger partial charge in [0, 0.05) is 33.0 Å². The second-order valence-corrected chi connectivity index (χ2v) is 6.38. The molecule has 0 heterocycles. The number of nitrogens with two attached hydrogens (primary N) is 1. The van der Waals surface area contributed by atoms with Crippen molar-refractivity contribution >= 4 is 28.1 Å². The highest BCUT2D eigenvalue weighted by Gasteiger charge is 2.04. The van der Waals surface area contributed by atoms with Crippen molar-refractivity contribution in [3.8, 4) is 0 Å². The van der Waals surface area contributed by atoms with Crippen LogP contribution in [0.1, 0.15) is 11.1 Å². The average molecular weight is 294 g/mol. The summed E-state index contributed by atoms with van der Waals surface area (Å²) in [7, 11) is -0.885. The van der Waals surface area contributed by atoms with Gasteiger partial charge in [-0.05, 0) is 35.7 Å². The highest BCUT2D eigenvalue weighted by atomic mass is 35.5. The van der Waals surface area contributed by atoms with Gasteiger partial charge >= 0.3 is 0 Å². The molecule has 2 aromatic carbocycles. The lowest BCUT2D eigenvalue weighted by Gasteiger charge is -2.06. The van der Waals surface area contributed by atoms with E-state index in [1.165, 1.54) is 0 Å². The van der Waals surface area contributed by atoms with Gasteiger partial charge in [-0.2, -0.15) is 0 Å². The van der Waals surface area contributed by atoms with Crippen LogP contribution in [-0.2, 0) is 23.0 Å². The summed E-state index contributed by atoms with van der Waals surface area (Å²) in [5, 5.41) is 0.701. The van der Waals surface area contributed by atoms with Crippen molar-refractivity contribution in [2.45, 2.75) is 12.2 Å². The molecule has 2 rings (SSSR count). The normalized spacial score (nSPS) is 12.3. The van der Waals surface area contributed by atoms with Crippen LogP contribution in [0.4, 0.5) is 5.69 Å². The fourth-order valence-electron chi connectivity index (χ4n) is 1.82. The number of aryl methyl sites for hydroxylation is 1. The van der Waals surface area contributed by atoms with Crippen molar-refractivity contribution in [2.75, 3.05) is 11.5 Å². The van der Waals surface area contributed by atoms with Gasteiger partial charge in [-0.1, -0.05) is 41.9 Å². The Morgan fingerprint density at radius 1 is 1.05 bits per heavy atom. The Hall–Kier alpha value is -1.32. The maximum Gasteiger partial charge on any atom is 0.0485 e. The van der Waals surface area contributed by atoms with Crippen LogP contribution < -0.4 is 5.73 Å². The molecule has 0 spiro atoms.